The van der Waals surface area contributed by atoms with E-state index in [1.807, 2.05) is 30.8 Å². The first-order chi connectivity index (χ1) is 7.80. The van der Waals surface area contributed by atoms with Gasteiger partial charge in [0.05, 0.1) is 5.69 Å². The Morgan fingerprint density at radius 1 is 1.59 bits per heavy atom. The second-order valence-electron chi connectivity index (χ2n) is 5.26. The lowest BCUT2D eigenvalue weighted by Gasteiger charge is -2.24. The third-order valence-corrected chi connectivity index (χ3v) is 2.56. The summed E-state index contributed by atoms with van der Waals surface area (Å²) in [4.78, 5) is 10.9. The monoisotopic (exact) mass is 238 g/mol. The maximum Gasteiger partial charge on any atom is 0.219 e. The highest BCUT2D eigenvalue weighted by Gasteiger charge is 2.19. The Balaban J connectivity index is 2.52. The normalized spacial score (nSPS) is 12.1. The molecule has 0 fully saturated rings. The van der Waals surface area contributed by atoms with E-state index in [2.05, 4.69) is 24.3 Å². The first-order valence-corrected chi connectivity index (χ1v) is 5.87. The van der Waals surface area contributed by atoms with E-state index in [-0.39, 0.29) is 11.4 Å². The number of rotatable bonds is 6. The first kappa shape index (κ1) is 13.7. The minimum absolute atomic E-state index is 0.296. The van der Waals surface area contributed by atoms with E-state index in [0.717, 1.165) is 5.69 Å². The molecule has 0 spiro atoms. The molecule has 0 aliphatic rings. The van der Waals surface area contributed by atoms with Crippen LogP contribution >= 0.6 is 0 Å². The molecule has 0 bridgehead atoms. The van der Waals surface area contributed by atoms with E-state index in [1.54, 1.807) is 0 Å². The van der Waals surface area contributed by atoms with Gasteiger partial charge in [0.2, 0.25) is 5.91 Å². The maximum atomic E-state index is 10.9. The average Bonchev–Trinajstić information content (AvgIpc) is 2.61. The summed E-state index contributed by atoms with van der Waals surface area (Å²) in [6.45, 7) is 8.72. The van der Waals surface area contributed by atoms with Gasteiger partial charge >= 0.3 is 0 Å². The van der Waals surface area contributed by atoms with Crippen molar-refractivity contribution >= 4 is 5.91 Å². The Morgan fingerprint density at radius 2 is 2.24 bits per heavy atom. The Kier molecular flexibility index (Phi) is 4.28. The SMILES string of the molecule is CC(C)n1ccc(CNC(C)(C)CC(N)=O)n1. The van der Waals surface area contributed by atoms with E-state index >= 15 is 0 Å². The van der Waals surface area contributed by atoms with Crippen LogP contribution in [-0.4, -0.2) is 21.2 Å². The molecule has 0 saturated heterocycles. The van der Waals surface area contributed by atoms with Gasteiger partial charge in [-0.05, 0) is 33.8 Å². The Labute approximate surface area is 102 Å². The van der Waals surface area contributed by atoms with Crippen molar-refractivity contribution in [3.8, 4) is 0 Å². The maximum absolute atomic E-state index is 10.9. The third kappa shape index (κ3) is 4.56. The highest BCUT2D eigenvalue weighted by molar-refractivity contribution is 5.74. The first-order valence-electron chi connectivity index (χ1n) is 5.87. The smallest absolute Gasteiger partial charge is 0.219 e. The van der Waals surface area contributed by atoms with Crippen LogP contribution < -0.4 is 11.1 Å². The highest BCUT2D eigenvalue weighted by atomic mass is 16.1. The number of carbonyl (C=O) groups is 1. The van der Waals surface area contributed by atoms with Gasteiger partial charge in [-0.1, -0.05) is 0 Å². The number of hydrogen-bond acceptors (Lipinski definition) is 3. The second-order valence-corrected chi connectivity index (χ2v) is 5.26. The molecule has 0 aromatic carbocycles. The van der Waals surface area contributed by atoms with Crippen LogP contribution in [0.2, 0.25) is 0 Å². The predicted molar refractivity (Wildman–Crippen MR) is 67.3 cm³/mol. The standard InChI is InChI=1S/C12H22N4O/c1-9(2)16-6-5-10(15-16)8-14-12(3,4)7-11(13)17/h5-6,9,14H,7-8H2,1-4H3,(H2,13,17). The van der Waals surface area contributed by atoms with Crippen LogP contribution in [0.5, 0.6) is 0 Å². The quantitative estimate of drug-likeness (QED) is 0.782. The van der Waals surface area contributed by atoms with Crippen molar-refractivity contribution in [3.05, 3.63) is 18.0 Å². The highest BCUT2D eigenvalue weighted by Crippen LogP contribution is 2.10. The van der Waals surface area contributed by atoms with Crippen LogP contribution in [0.15, 0.2) is 12.3 Å². The molecule has 1 amide bonds. The number of hydrogen-bond donors (Lipinski definition) is 2. The van der Waals surface area contributed by atoms with Crippen LogP contribution in [0, 0.1) is 0 Å². The summed E-state index contributed by atoms with van der Waals surface area (Å²) in [5.41, 5.74) is 5.86. The van der Waals surface area contributed by atoms with Crippen LogP contribution in [-0.2, 0) is 11.3 Å². The van der Waals surface area contributed by atoms with Crippen molar-refractivity contribution in [3.63, 3.8) is 0 Å². The van der Waals surface area contributed by atoms with Gasteiger partial charge in [-0.15, -0.1) is 0 Å². The zero-order valence-electron chi connectivity index (χ0n) is 11.0. The van der Waals surface area contributed by atoms with E-state index < -0.39 is 0 Å². The van der Waals surface area contributed by atoms with E-state index in [9.17, 15) is 4.79 Å². The van der Waals surface area contributed by atoms with Crippen molar-refractivity contribution in [1.29, 1.82) is 0 Å². The summed E-state index contributed by atoms with van der Waals surface area (Å²) in [6.07, 6.45) is 2.28. The average molecular weight is 238 g/mol. The molecule has 0 aliphatic carbocycles. The lowest BCUT2D eigenvalue weighted by Crippen LogP contribution is -2.42. The summed E-state index contributed by atoms with van der Waals surface area (Å²) in [5, 5.41) is 7.71. The van der Waals surface area contributed by atoms with Gasteiger partial charge in [0.15, 0.2) is 0 Å². The third-order valence-electron chi connectivity index (χ3n) is 2.56. The van der Waals surface area contributed by atoms with Crippen molar-refractivity contribution < 1.29 is 4.79 Å². The minimum Gasteiger partial charge on any atom is -0.370 e. The molecule has 96 valence electrons. The molecule has 0 aliphatic heterocycles. The molecule has 0 unspecified atom stereocenters. The van der Waals surface area contributed by atoms with Crippen LogP contribution in [0.3, 0.4) is 0 Å². The van der Waals surface area contributed by atoms with Crippen molar-refractivity contribution in [1.82, 2.24) is 15.1 Å². The van der Waals surface area contributed by atoms with Gasteiger partial charge in [-0.25, -0.2) is 0 Å². The summed E-state index contributed by atoms with van der Waals surface area (Å²) in [6, 6.07) is 2.34. The Morgan fingerprint density at radius 3 is 2.71 bits per heavy atom. The fourth-order valence-electron chi connectivity index (χ4n) is 1.59. The summed E-state index contributed by atoms with van der Waals surface area (Å²) >= 11 is 0. The lowest BCUT2D eigenvalue weighted by molar-refractivity contribution is -0.119. The zero-order valence-corrected chi connectivity index (χ0v) is 11.0. The van der Waals surface area contributed by atoms with Crippen LogP contribution in [0.4, 0.5) is 0 Å². The number of nitrogens with two attached hydrogens (primary N) is 1. The molecule has 0 radical (unpaired) electrons. The van der Waals surface area contributed by atoms with Crippen LogP contribution in [0.25, 0.3) is 0 Å². The van der Waals surface area contributed by atoms with E-state index in [0.29, 0.717) is 19.0 Å². The molecule has 1 heterocycles. The topological polar surface area (TPSA) is 72.9 Å². The number of primary amides is 1. The summed E-state index contributed by atoms with van der Waals surface area (Å²) in [7, 11) is 0. The molecular formula is C12H22N4O. The number of aromatic nitrogens is 2. The minimum atomic E-state index is -0.298. The molecule has 5 nitrogen and oxygen atoms in total. The van der Waals surface area contributed by atoms with Crippen molar-refractivity contribution in [2.24, 2.45) is 5.73 Å². The molecule has 17 heavy (non-hydrogen) atoms. The van der Waals surface area contributed by atoms with Gasteiger partial charge < -0.3 is 11.1 Å². The van der Waals surface area contributed by atoms with Gasteiger partial charge in [0, 0.05) is 30.7 Å². The Bertz CT molecular complexity index is 382. The molecule has 1 rings (SSSR count). The van der Waals surface area contributed by atoms with Gasteiger partial charge in [0.1, 0.15) is 0 Å². The number of amides is 1. The fraction of sp³-hybridized carbons (Fsp3) is 0.667. The van der Waals surface area contributed by atoms with Crippen molar-refractivity contribution in [2.45, 2.75) is 52.2 Å². The van der Waals surface area contributed by atoms with Crippen molar-refractivity contribution in [2.75, 3.05) is 0 Å². The van der Waals surface area contributed by atoms with E-state index in [1.165, 1.54) is 0 Å². The van der Waals surface area contributed by atoms with Crippen LogP contribution in [0.1, 0.15) is 45.9 Å². The molecular weight excluding hydrogens is 216 g/mol. The Hall–Kier alpha value is -1.36. The van der Waals surface area contributed by atoms with Gasteiger partial charge in [-0.2, -0.15) is 5.10 Å². The second kappa shape index (κ2) is 5.31. The molecule has 0 saturated carbocycles. The van der Waals surface area contributed by atoms with Gasteiger partial charge in [0.25, 0.3) is 0 Å². The largest absolute Gasteiger partial charge is 0.370 e. The predicted octanol–water partition coefficient (Wildman–Crippen LogP) is 1.21. The molecule has 1 aromatic rings. The number of carbonyl (C=O) groups excluding carboxylic acids is 1. The molecule has 5 heteroatoms. The van der Waals surface area contributed by atoms with Gasteiger partial charge in [-0.3, -0.25) is 9.48 Å². The zero-order chi connectivity index (χ0) is 13.1. The fourth-order valence-corrected chi connectivity index (χ4v) is 1.59. The number of nitrogens with one attached hydrogen (secondary N) is 1. The van der Waals surface area contributed by atoms with E-state index in [4.69, 9.17) is 5.73 Å². The molecule has 1 aromatic heterocycles. The summed E-state index contributed by atoms with van der Waals surface area (Å²) in [5.74, 6) is -0.296. The number of nitrogens with zero attached hydrogens (tertiary/aromatic N) is 2. The summed E-state index contributed by atoms with van der Waals surface area (Å²) < 4.78 is 1.91. The molecule has 3 N–H and O–H groups in total. The molecule has 0 atom stereocenters. The lowest BCUT2D eigenvalue weighted by atomic mass is 10.0.